The van der Waals surface area contributed by atoms with Crippen LogP contribution in [-0.4, -0.2) is 47.5 Å². The van der Waals surface area contributed by atoms with Crippen LogP contribution in [0.3, 0.4) is 0 Å². The second-order valence-corrected chi connectivity index (χ2v) is 5.41. The molecule has 0 radical (unpaired) electrons. The molecule has 0 unspecified atom stereocenters. The van der Waals surface area contributed by atoms with Gasteiger partial charge in [-0.1, -0.05) is 0 Å². The lowest BCUT2D eigenvalue weighted by Crippen LogP contribution is -2.30. The van der Waals surface area contributed by atoms with Crippen LogP contribution in [-0.2, 0) is 6.42 Å². The largest absolute Gasteiger partial charge is 0.359 e. The molecule has 0 fully saturated rings. The summed E-state index contributed by atoms with van der Waals surface area (Å²) in [5, 5.41) is 0. The first kappa shape index (κ1) is 16.9. The first-order chi connectivity index (χ1) is 11.2. The Labute approximate surface area is 138 Å². The lowest BCUT2D eigenvalue weighted by atomic mass is 10.2. The Kier molecular flexibility index (Phi) is 6.09. The van der Waals surface area contributed by atoms with Gasteiger partial charge in [0.1, 0.15) is 5.82 Å². The molecule has 2 rings (SSSR count). The number of aromatic nitrogens is 2. The van der Waals surface area contributed by atoms with Gasteiger partial charge in [0.2, 0.25) is 0 Å². The maximum absolute atomic E-state index is 12.4. The average Bonchev–Trinajstić information content (AvgIpc) is 2.61. The number of hydrogen-bond donors (Lipinski definition) is 0. The number of nitrogens with zero attached hydrogens (tertiary/aromatic N) is 4. The molecule has 0 aliphatic rings. The van der Waals surface area contributed by atoms with E-state index in [0.29, 0.717) is 18.7 Å². The lowest BCUT2D eigenvalue weighted by Gasteiger charge is -2.21. The van der Waals surface area contributed by atoms with E-state index in [1.165, 1.54) is 5.56 Å². The monoisotopic (exact) mass is 312 g/mol. The van der Waals surface area contributed by atoms with Gasteiger partial charge in [0, 0.05) is 50.8 Å². The van der Waals surface area contributed by atoms with Crippen molar-refractivity contribution in [3.8, 4) is 0 Å². The van der Waals surface area contributed by atoms with Crippen molar-refractivity contribution in [2.75, 3.05) is 31.6 Å². The minimum absolute atomic E-state index is 0.0567. The van der Waals surface area contributed by atoms with Crippen molar-refractivity contribution in [3.63, 3.8) is 0 Å². The maximum atomic E-state index is 12.4. The van der Waals surface area contributed by atoms with Gasteiger partial charge in [0.15, 0.2) is 0 Å². The summed E-state index contributed by atoms with van der Waals surface area (Å²) in [7, 11) is 2.00. The summed E-state index contributed by atoms with van der Waals surface area (Å²) >= 11 is 0. The summed E-state index contributed by atoms with van der Waals surface area (Å²) < 4.78 is 0. The maximum Gasteiger partial charge on any atom is 0.254 e. The first-order valence-corrected chi connectivity index (χ1v) is 8.01. The minimum Gasteiger partial charge on any atom is -0.359 e. The van der Waals surface area contributed by atoms with E-state index in [4.69, 9.17) is 0 Å². The summed E-state index contributed by atoms with van der Waals surface area (Å²) in [6.45, 7) is 6.24. The fourth-order valence-electron chi connectivity index (χ4n) is 2.41. The van der Waals surface area contributed by atoms with E-state index in [9.17, 15) is 4.79 Å². The molecule has 0 atom stereocenters. The molecular weight excluding hydrogens is 288 g/mol. The average molecular weight is 312 g/mol. The second-order valence-electron chi connectivity index (χ2n) is 5.41. The standard InChI is InChI=1S/C18H24N4O/c1-4-22(5-2)18(23)16-8-12-20-17(14-16)21(3)13-9-15-6-10-19-11-7-15/h6-8,10-12,14H,4-5,9,13H2,1-3H3. The highest BCUT2D eigenvalue weighted by atomic mass is 16.2. The van der Waals surface area contributed by atoms with Crippen molar-refractivity contribution >= 4 is 11.7 Å². The van der Waals surface area contributed by atoms with E-state index >= 15 is 0 Å². The number of pyridine rings is 2. The third-order valence-corrected chi connectivity index (χ3v) is 3.92. The van der Waals surface area contributed by atoms with Crippen molar-refractivity contribution in [1.82, 2.24) is 14.9 Å². The number of carbonyl (C=O) groups excluding carboxylic acids is 1. The number of rotatable bonds is 7. The van der Waals surface area contributed by atoms with E-state index < -0.39 is 0 Å². The van der Waals surface area contributed by atoms with Crippen LogP contribution in [0.4, 0.5) is 5.82 Å². The van der Waals surface area contributed by atoms with E-state index in [1.807, 2.05) is 44.0 Å². The van der Waals surface area contributed by atoms with Gasteiger partial charge >= 0.3 is 0 Å². The fourth-order valence-corrected chi connectivity index (χ4v) is 2.41. The van der Waals surface area contributed by atoms with Crippen LogP contribution in [0.1, 0.15) is 29.8 Å². The van der Waals surface area contributed by atoms with Crippen molar-refractivity contribution < 1.29 is 4.79 Å². The van der Waals surface area contributed by atoms with E-state index in [1.54, 1.807) is 24.7 Å². The molecule has 2 aromatic heterocycles. The van der Waals surface area contributed by atoms with Gasteiger partial charge in [-0.2, -0.15) is 0 Å². The molecule has 0 bridgehead atoms. The molecule has 2 heterocycles. The lowest BCUT2D eigenvalue weighted by molar-refractivity contribution is 0.0773. The zero-order chi connectivity index (χ0) is 16.7. The zero-order valence-electron chi connectivity index (χ0n) is 14.1. The Morgan fingerprint density at radius 3 is 2.43 bits per heavy atom. The van der Waals surface area contributed by atoms with Crippen LogP contribution < -0.4 is 4.90 Å². The zero-order valence-corrected chi connectivity index (χ0v) is 14.1. The van der Waals surface area contributed by atoms with Crippen LogP contribution in [0.2, 0.25) is 0 Å². The van der Waals surface area contributed by atoms with Gasteiger partial charge in [0.05, 0.1) is 0 Å². The van der Waals surface area contributed by atoms with Gasteiger partial charge in [-0.3, -0.25) is 9.78 Å². The number of carbonyl (C=O) groups is 1. The Bertz CT molecular complexity index is 626. The van der Waals surface area contributed by atoms with Crippen molar-refractivity contribution in [2.24, 2.45) is 0 Å². The fraction of sp³-hybridized carbons (Fsp3) is 0.389. The topological polar surface area (TPSA) is 49.3 Å². The molecule has 0 aromatic carbocycles. The predicted molar refractivity (Wildman–Crippen MR) is 92.7 cm³/mol. The SMILES string of the molecule is CCN(CC)C(=O)c1ccnc(N(C)CCc2ccncc2)c1. The number of amides is 1. The summed E-state index contributed by atoms with van der Waals surface area (Å²) in [5.74, 6) is 0.873. The van der Waals surface area contributed by atoms with Crippen LogP contribution in [0, 0.1) is 0 Å². The highest BCUT2D eigenvalue weighted by Crippen LogP contribution is 2.14. The Balaban J connectivity index is 2.05. The van der Waals surface area contributed by atoms with Crippen LogP contribution >= 0.6 is 0 Å². The summed E-state index contributed by atoms with van der Waals surface area (Å²) in [6.07, 6.45) is 6.22. The van der Waals surface area contributed by atoms with Crippen molar-refractivity contribution in [3.05, 3.63) is 54.0 Å². The van der Waals surface area contributed by atoms with E-state index in [-0.39, 0.29) is 5.91 Å². The minimum atomic E-state index is 0.0567. The molecule has 0 saturated heterocycles. The predicted octanol–water partition coefficient (Wildman–Crippen LogP) is 2.64. The summed E-state index contributed by atoms with van der Waals surface area (Å²) in [4.78, 5) is 24.7. The Morgan fingerprint density at radius 1 is 1.09 bits per heavy atom. The third-order valence-electron chi connectivity index (χ3n) is 3.92. The van der Waals surface area contributed by atoms with Gasteiger partial charge in [-0.15, -0.1) is 0 Å². The highest BCUT2D eigenvalue weighted by molar-refractivity contribution is 5.94. The van der Waals surface area contributed by atoms with Gasteiger partial charge in [-0.25, -0.2) is 4.98 Å². The van der Waals surface area contributed by atoms with Crippen LogP contribution in [0.15, 0.2) is 42.9 Å². The summed E-state index contributed by atoms with van der Waals surface area (Å²) in [6, 6.07) is 7.68. The van der Waals surface area contributed by atoms with Gasteiger partial charge in [-0.05, 0) is 50.1 Å². The molecule has 5 nitrogen and oxygen atoms in total. The molecular formula is C18H24N4O. The Morgan fingerprint density at radius 2 is 1.78 bits per heavy atom. The molecule has 0 spiro atoms. The smallest absolute Gasteiger partial charge is 0.254 e. The molecule has 5 heteroatoms. The van der Waals surface area contributed by atoms with Crippen molar-refractivity contribution in [1.29, 1.82) is 0 Å². The molecule has 0 aliphatic heterocycles. The third kappa shape index (κ3) is 4.52. The van der Waals surface area contributed by atoms with Crippen LogP contribution in [0.5, 0.6) is 0 Å². The van der Waals surface area contributed by atoms with E-state index in [2.05, 4.69) is 14.9 Å². The second kappa shape index (κ2) is 8.27. The normalized spacial score (nSPS) is 10.4. The Hall–Kier alpha value is -2.43. The molecule has 1 amide bonds. The molecule has 122 valence electrons. The molecule has 0 aliphatic carbocycles. The molecule has 0 saturated carbocycles. The number of hydrogen-bond acceptors (Lipinski definition) is 4. The quantitative estimate of drug-likeness (QED) is 0.788. The highest BCUT2D eigenvalue weighted by Gasteiger charge is 2.14. The molecule has 23 heavy (non-hydrogen) atoms. The van der Waals surface area contributed by atoms with Gasteiger partial charge < -0.3 is 9.80 Å². The molecule has 2 aromatic rings. The van der Waals surface area contributed by atoms with Gasteiger partial charge in [0.25, 0.3) is 5.91 Å². The summed E-state index contributed by atoms with van der Waals surface area (Å²) in [5.41, 5.74) is 1.93. The number of likely N-dealkylation sites (N-methyl/N-ethyl adjacent to an activating group) is 1. The number of anilines is 1. The van der Waals surface area contributed by atoms with E-state index in [0.717, 1.165) is 18.8 Å². The van der Waals surface area contributed by atoms with Crippen LogP contribution in [0.25, 0.3) is 0 Å². The molecule has 0 N–H and O–H groups in total. The first-order valence-electron chi connectivity index (χ1n) is 8.01. The van der Waals surface area contributed by atoms with Crippen molar-refractivity contribution in [2.45, 2.75) is 20.3 Å².